The first-order chi connectivity index (χ1) is 11.8. The van der Waals surface area contributed by atoms with E-state index in [1.165, 1.54) is 12.1 Å². The van der Waals surface area contributed by atoms with E-state index in [0.29, 0.717) is 17.9 Å². The van der Waals surface area contributed by atoms with Crippen LogP contribution in [0, 0.1) is 0 Å². The Morgan fingerprint density at radius 1 is 1.44 bits per heavy atom. The molecule has 1 fully saturated rings. The van der Waals surface area contributed by atoms with Crippen LogP contribution in [0.15, 0.2) is 17.3 Å². The quantitative estimate of drug-likeness (QED) is 0.783. The van der Waals surface area contributed by atoms with Crippen LogP contribution in [0.1, 0.15) is 40.2 Å². The summed E-state index contributed by atoms with van der Waals surface area (Å²) in [7, 11) is 0. The Kier molecular flexibility index (Phi) is 5.00. The molecule has 25 heavy (non-hydrogen) atoms. The van der Waals surface area contributed by atoms with E-state index in [1.807, 2.05) is 0 Å². The molecule has 0 saturated carbocycles. The van der Waals surface area contributed by atoms with Crippen LogP contribution in [0.25, 0.3) is 0 Å². The molecule has 1 aromatic heterocycles. The topological polar surface area (TPSA) is 89.4 Å². The largest absolute Gasteiger partial charge is 0.458 e. The molecule has 0 aliphatic carbocycles. The van der Waals surface area contributed by atoms with E-state index in [-0.39, 0.29) is 10.6 Å². The number of rotatable bonds is 4. The first-order valence-corrected chi connectivity index (χ1v) is 8.32. The Morgan fingerprint density at radius 3 is 2.88 bits per heavy atom. The second-order valence-electron chi connectivity index (χ2n) is 5.60. The van der Waals surface area contributed by atoms with Crippen molar-refractivity contribution in [2.24, 2.45) is 5.16 Å². The number of hydrogen-bond acceptors (Lipinski definition) is 7. The summed E-state index contributed by atoms with van der Waals surface area (Å²) in [5.41, 5.74) is 2.18. The molecule has 3 heterocycles. The van der Waals surface area contributed by atoms with Crippen molar-refractivity contribution in [2.75, 3.05) is 6.61 Å². The number of ether oxygens (including phenoxy) is 1. The number of thiophene rings is 1. The van der Waals surface area contributed by atoms with E-state index in [4.69, 9.17) is 9.57 Å². The smallest absolute Gasteiger partial charge is 0.350 e. The second kappa shape index (κ2) is 6.90. The predicted octanol–water partition coefficient (Wildman–Crippen LogP) is 2.31. The zero-order valence-electron chi connectivity index (χ0n) is 12.8. The molecule has 0 spiro atoms. The zero-order valence-corrected chi connectivity index (χ0v) is 13.7. The average molecular weight is 380 g/mol. The van der Waals surface area contributed by atoms with Crippen molar-refractivity contribution in [3.63, 3.8) is 0 Å². The van der Waals surface area contributed by atoms with Gasteiger partial charge in [0.1, 0.15) is 5.71 Å². The van der Waals surface area contributed by atoms with Gasteiger partial charge in [0, 0.05) is 13.0 Å². The molecular formula is C14H15F3N2O5S. The maximum absolute atomic E-state index is 12.7. The zero-order chi connectivity index (χ0) is 18.1. The van der Waals surface area contributed by atoms with E-state index in [0.717, 1.165) is 24.2 Å². The highest BCUT2D eigenvalue weighted by Gasteiger charge is 2.60. The lowest BCUT2D eigenvalue weighted by molar-refractivity contribution is -0.355. The number of alkyl halides is 3. The van der Waals surface area contributed by atoms with Crippen molar-refractivity contribution in [1.82, 2.24) is 5.48 Å². The van der Waals surface area contributed by atoms with E-state index in [9.17, 15) is 23.1 Å². The minimum absolute atomic E-state index is 0.0830. The maximum atomic E-state index is 12.7. The number of hydroxylamine groups is 1. The molecule has 3 rings (SSSR count). The molecule has 11 heteroatoms. The molecule has 1 amide bonds. The van der Waals surface area contributed by atoms with Crippen molar-refractivity contribution >= 4 is 23.0 Å². The monoisotopic (exact) mass is 380 g/mol. The third-order valence-electron chi connectivity index (χ3n) is 3.69. The van der Waals surface area contributed by atoms with Gasteiger partial charge in [-0.2, -0.15) is 13.2 Å². The van der Waals surface area contributed by atoms with Gasteiger partial charge in [0.05, 0.1) is 16.2 Å². The summed E-state index contributed by atoms with van der Waals surface area (Å²) >= 11 is 0.914. The van der Waals surface area contributed by atoms with Crippen LogP contribution in [0.5, 0.6) is 0 Å². The van der Waals surface area contributed by atoms with E-state index < -0.39 is 30.6 Å². The normalized spacial score (nSPS) is 26.9. The van der Waals surface area contributed by atoms with Gasteiger partial charge in [-0.05, 0) is 25.0 Å². The molecule has 7 nitrogen and oxygen atoms in total. The van der Waals surface area contributed by atoms with Crippen LogP contribution >= 0.6 is 11.3 Å². The lowest BCUT2D eigenvalue weighted by Crippen LogP contribution is -2.45. The number of nitrogens with one attached hydrogen (secondary N) is 1. The van der Waals surface area contributed by atoms with Crippen LogP contribution in [0.2, 0.25) is 0 Å². The Bertz CT molecular complexity index is 672. The summed E-state index contributed by atoms with van der Waals surface area (Å²) in [6.45, 7) is 0.561. The molecule has 0 bridgehead atoms. The van der Waals surface area contributed by atoms with Gasteiger partial charge in [-0.15, -0.1) is 11.3 Å². The van der Waals surface area contributed by atoms with Crippen LogP contribution in [0.3, 0.4) is 0 Å². The van der Waals surface area contributed by atoms with Crippen molar-refractivity contribution in [3.05, 3.63) is 21.9 Å². The molecule has 2 aliphatic rings. The summed E-state index contributed by atoms with van der Waals surface area (Å²) in [6, 6.07) is 2.86. The summed E-state index contributed by atoms with van der Waals surface area (Å²) in [5, 5.41) is 12.7. The van der Waals surface area contributed by atoms with Crippen LogP contribution in [-0.4, -0.2) is 41.6 Å². The Labute approximate surface area is 144 Å². The minimum atomic E-state index is -4.97. The van der Waals surface area contributed by atoms with Crippen molar-refractivity contribution < 1.29 is 37.5 Å². The van der Waals surface area contributed by atoms with Crippen LogP contribution in [-0.2, 0) is 14.4 Å². The van der Waals surface area contributed by atoms with Gasteiger partial charge in [0.15, 0.2) is 6.29 Å². The highest BCUT2D eigenvalue weighted by Crippen LogP contribution is 2.39. The highest BCUT2D eigenvalue weighted by molar-refractivity contribution is 7.16. The Balaban J connectivity index is 1.58. The van der Waals surface area contributed by atoms with E-state index in [2.05, 4.69) is 15.5 Å². The fourth-order valence-electron chi connectivity index (χ4n) is 2.29. The molecule has 2 atom stereocenters. The van der Waals surface area contributed by atoms with Gasteiger partial charge in [-0.3, -0.25) is 4.79 Å². The lowest BCUT2D eigenvalue weighted by Gasteiger charge is -2.22. The van der Waals surface area contributed by atoms with Gasteiger partial charge >= 0.3 is 12.0 Å². The van der Waals surface area contributed by atoms with Gasteiger partial charge in [-0.1, -0.05) is 5.16 Å². The standard InChI is InChI=1S/C14H15F3N2O5S/c15-14(16,17)13(21)7-8(18-24-13)9-4-5-10(25-9)12(20)19-23-11-3-1-2-6-22-11/h4-5,11,21H,1-3,6-7H2,(H,19,20). The Morgan fingerprint density at radius 2 is 2.24 bits per heavy atom. The number of carbonyl (C=O) groups excluding carboxylic acids is 1. The number of nitrogens with zero attached hydrogens (tertiary/aromatic N) is 1. The van der Waals surface area contributed by atoms with E-state index in [1.54, 1.807) is 0 Å². The minimum Gasteiger partial charge on any atom is -0.350 e. The molecule has 2 aliphatic heterocycles. The number of hydrogen-bond donors (Lipinski definition) is 2. The van der Waals surface area contributed by atoms with Gasteiger partial charge in [0.2, 0.25) is 0 Å². The molecule has 1 aromatic rings. The van der Waals surface area contributed by atoms with Crippen molar-refractivity contribution in [2.45, 2.75) is 43.9 Å². The third kappa shape index (κ3) is 3.94. The van der Waals surface area contributed by atoms with Gasteiger partial charge < -0.3 is 14.7 Å². The molecule has 0 radical (unpaired) electrons. The van der Waals surface area contributed by atoms with Crippen molar-refractivity contribution in [3.8, 4) is 0 Å². The first-order valence-electron chi connectivity index (χ1n) is 7.50. The van der Waals surface area contributed by atoms with Gasteiger partial charge in [0.25, 0.3) is 5.91 Å². The fourth-order valence-corrected chi connectivity index (χ4v) is 3.17. The third-order valence-corrected chi connectivity index (χ3v) is 4.83. The SMILES string of the molecule is O=C(NOC1CCCCO1)c1ccc(C2=NOC(O)(C(F)(F)F)C2)s1. The van der Waals surface area contributed by atoms with E-state index >= 15 is 0 Å². The summed E-state index contributed by atoms with van der Waals surface area (Å²) in [6.07, 6.45) is -3.78. The summed E-state index contributed by atoms with van der Waals surface area (Å²) < 4.78 is 43.4. The fraction of sp³-hybridized carbons (Fsp3) is 0.571. The average Bonchev–Trinajstić information content (AvgIpc) is 3.20. The predicted molar refractivity (Wildman–Crippen MR) is 79.7 cm³/mol. The van der Waals surface area contributed by atoms with Crippen LogP contribution < -0.4 is 5.48 Å². The molecule has 0 aromatic carbocycles. The van der Waals surface area contributed by atoms with Gasteiger partial charge in [-0.25, -0.2) is 10.3 Å². The summed E-state index contributed by atoms with van der Waals surface area (Å²) in [4.78, 5) is 21.8. The molecular weight excluding hydrogens is 365 g/mol. The van der Waals surface area contributed by atoms with Crippen molar-refractivity contribution in [1.29, 1.82) is 0 Å². The molecule has 1 saturated heterocycles. The molecule has 2 N–H and O–H groups in total. The summed E-state index contributed by atoms with van der Waals surface area (Å²) in [5.74, 6) is -3.88. The first kappa shape index (κ1) is 18.1. The Hall–Kier alpha value is -1.69. The highest BCUT2D eigenvalue weighted by atomic mass is 32.1. The maximum Gasteiger partial charge on any atom is 0.458 e. The van der Waals surface area contributed by atoms with Crippen LogP contribution in [0.4, 0.5) is 13.2 Å². The lowest BCUT2D eigenvalue weighted by atomic mass is 10.1. The number of halogens is 3. The number of amides is 1. The molecule has 2 unspecified atom stereocenters. The second-order valence-corrected chi connectivity index (χ2v) is 6.68. The number of oxime groups is 1. The molecule has 138 valence electrons. The number of aliphatic hydroxyl groups is 1. The number of carbonyl (C=O) groups is 1.